The summed E-state index contributed by atoms with van der Waals surface area (Å²) in [6, 6.07) is 0.641. The average Bonchev–Trinajstić information content (AvgIpc) is 2.92. The maximum atomic E-state index is 5.97. The van der Waals surface area contributed by atoms with Crippen molar-refractivity contribution >= 4 is 11.6 Å². The Bertz CT molecular complexity index is 493. The lowest BCUT2D eigenvalue weighted by atomic mass is 10.0. The molecule has 2 saturated heterocycles. The molecule has 2 fully saturated rings. The van der Waals surface area contributed by atoms with Gasteiger partial charge in [-0.1, -0.05) is 13.8 Å². The molecule has 1 aromatic rings. The van der Waals surface area contributed by atoms with Crippen LogP contribution < -0.4 is 11.1 Å². The number of aromatic nitrogens is 2. The van der Waals surface area contributed by atoms with Gasteiger partial charge >= 0.3 is 0 Å². The molecule has 0 spiro atoms. The van der Waals surface area contributed by atoms with Crippen molar-refractivity contribution in [3.05, 3.63) is 11.9 Å². The molecule has 6 heteroatoms. The molecule has 0 amide bonds. The van der Waals surface area contributed by atoms with E-state index in [1.807, 2.05) is 0 Å². The van der Waals surface area contributed by atoms with Gasteiger partial charge in [0.05, 0.1) is 12.7 Å². The molecule has 0 bridgehead atoms. The number of nitrogens with two attached hydrogens (primary N) is 1. The van der Waals surface area contributed by atoms with Crippen molar-refractivity contribution in [2.45, 2.75) is 44.8 Å². The van der Waals surface area contributed by atoms with Crippen LogP contribution in [0.5, 0.6) is 0 Å². The molecule has 0 aliphatic carbocycles. The number of hydrogen-bond donors (Lipinski definition) is 2. The molecule has 0 saturated carbocycles. The topological polar surface area (TPSA) is 76.3 Å². The summed E-state index contributed by atoms with van der Waals surface area (Å²) in [5.41, 5.74) is 6.96. The number of rotatable bonds is 4. The van der Waals surface area contributed by atoms with Crippen molar-refractivity contribution < 1.29 is 4.74 Å². The maximum absolute atomic E-state index is 5.97. The molecule has 6 nitrogen and oxygen atoms in total. The Balaban J connectivity index is 1.61. The zero-order valence-electron chi connectivity index (χ0n) is 12.9. The van der Waals surface area contributed by atoms with Crippen LogP contribution in [0.3, 0.4) is 0 Å². The standard InChI is InChI=1S/C15H25N5O/c1-10(2)13-14(16)18-9-19-15(13)17-6-12-7-20-5-3-4-11(20)8-21-12/h9-12H,3-8H2,1-2H3,(H3,16,17,18,19). The van der Waals surface area contributed by atoms with Crippen molar-refractivity contribution in [3.8, 4) is 0 Å². The van der Waals surface area contributed by atoms with Gasteiger partial charge in [0.1, 0.15) is 18.0 Å². The lowest BCUT2D eigenvalue weighted by Gasteiger charge is -2.35. The van der Waals surface area contributed by atoms with Gasteiger partial charge in [0.25, 0.3) is 0 Å². The zero-order chi connectivity index (χ0) is 14.8. The van der Waals surface area contributed by atoms with E-state index in [0.717, 1.165) is 31.1 Å². The van der Waals surface area contributed by atoms with Crippen LogP contribution in [0.4, 0.5) is 11.6 Å². The van der Waals surface area contributed by atoms with Crippen molar-refractivity contribution in [3.63, 3.8) is 0 Å². The highest BCUT2D eigenvalue weighted by Gasteiger charge is 2.32. The highest BCUT2D eigenvalue weighted by Crippen LogP contribution is 2.27. The Hall–Kier alpha value is -1.40. The third kappa shape index (κ3) is 3.11. The van der Waals surface area contributed by atoms with Crippen molar-refractivity contribution in [1.29, 1.82) is 0 Å². The number of morpholine rings is 1. The fraction of sp³-hybridized carbons (Fsp3) is 0.733. The van der Waals surface area contributed by atoms with Gasteiger partial charge < -0.3 is 15.8 Å². The van der Waals surface area contributed by atoms with Crippen LogP contribution in [-0.4, -0.2) is 53.3 Å². The third-order valence-corrected chi connectivity index (χ3v) is 4.45. The number of hydrogen-bond acceptors (Lipinski definition) is 6. The lowest BCUT2D eigenvalue weighted by molar-refractivity contribution is -0.0416. The summed E-state index contributed by atoms with van der Waals surface area (Å²) in [6.45, 7) is 8.05. The first-order valence-corrected chi connectivity index (χ1v) is 7.85. The fourth-order valence-electron chi connectivity index (χ4n) is 3.34. The van der Waals surface area contributed by atoms with Crippen LogP contribution in [0.25, 0.3) is 0 Å². The Kier molecular flexibility index (Phi) is 4.26. The minimum atomic E-state index is 0.218. The van der Waals surface area contributed by atoms with Crippen molar-refractivity contribution in [2.75, 3.05) is 37.3 Å². The molecule has 1 aromatic heterocycles. The smallest absolute Gasteiger partial charge is 0.135 e. The Morgan fingerprint density at radius 2 is 2.33 bits per heavy atom. The molecular formula is C15H25N5O. The number of anilines is 2. The van der Waals surface area contributed by atoms with Gasteiger partial charge in [-0.25, -0.2) is 9.97 Å². The highest BCUT2D eigenvalue weighted by atomic mass is 16.5. The molecule has 116 valence electrons. The number of nitrogen functional groups attached to an aromatic ring is 1. The molecule has 0 radical (unpaired) electrons. The van der Waals surface area contributed by atoms with E-state index in [9.17, 15) is 0 Å². The number of nitrogens with one attached hydrogen (secondary N) is 1. The minimum absolute atomic E-state index is 0.218. The number of fused-ring (bicyclic) bond motifs is 1. The van der Waals surface area contributed by atoms with Gasteiger partial charge in [-0.15, -0.1) is 0 Å². The van der Waals surface area contributed by atoms with Crippen LogP contribution in [0, 0.1) is 0 Å². The summed E-state index contributed by atoms with van der Waals surface area (Å²) in [5, 5.41) is 3.40. The summed E-state index contributed by atoms with van der Waals surface area (Å²) in [5.74, 6) is 1.69. The predicted molar refractivity (Wildman–Crippen MR) is 83.4 cm³/mol. The van der Waals surface area contributed by atoms with Gasteiger partial charge in [-0.2, -0.15) is 0 Å². The van der Waals surface area contributed by atoms with E-state index < -0.39 is 0 Å². The van der Waals surface area contributed by atoms with E-state index in [-0.39, 0.29) is 6.10 Å². The summed E-state index contributed by atoms with van der Waals surface area (Å²) in [7, 11) is 0. The van der Waals surface area contributed by atoms with Gasteiger partial charge in [-0.3, -0.25) is 4.90 Å². The Labute approximate surface area is 126 Å². The molecule has 3 heterocycles. The molecule has 3 rings (SSSR count). The summed E-state index contributed by atoms with van der Waals surface area (Å²) in [6.07, 6.45) is 4.31. The van der Waals surface area contributed by atoms with E-state index in [4.69, 9.17) is 10.5 Å². The molecule has 3 N–H and O–H groups in total. The zero-order valence-corrected chi connectivity index (χ0v) is 12.9. The van der Waals surface area contributed by atoms with E-state index in [1.165, 1.54) is 25.7 Å². The summed E-state index contributed by atoms with van der Waals surface area (Å²) in [4.78, 5) is 11.0. The normalized spacial score (nSPS) is 26.0. The van der Waals surface area contributed by atoms with Crippen molar-refractivity contribution in [2.24, 2.45) is 0 Å². The van der Waals surface area contributed by atoms with E-state index >= 15 is 0 Å². The molecule has 2 aliphatic heterocycles. The van der Waals surface area contributed by atoms with Crippen LogP contribution >= 0.6 is 0 Å². The SMILES string of the molecule is CC(C)c1c(N)ncnc1NCC1CN2CCCC2CO1. The lowest BCUT2D eigenvalue weighted by Crippen LogP contribution is -2.48. The van der Waals surface area contributed by atoms with E-state index in [1.54, 1.807) is 0 Å². The largest absolute Gasteiger partial charge is 0.383 e. The Morgan fingerprint density at radius 3 is 3.14 bits per heavy atom. The van der Waals surface area contributed by atoms with Gasteiger partial charge in [-0.05, 0) is 25.3 Å². The van der Waals surface area contributed by atoms with Gasteiger partial charge in [0.2, 0.25) is 0 Å². The quantitative estimate of drug-likeness (QED) is 0.874. The van der Waals surface area contributed by atoms with Gasteiger partial charge in [0, 0.05) is 24.7 Å². The van der Waals surface area contributed by atoms with Crippen LogP contribution in [0.2, 0.25) is 0 Å². The second kappa shape index (κ2) is 6.15. The molecule has 2 atom stereocenters. The average molecular weight is 291 g/mol. The van der Waals surface area contributed by atoms with E-state index in [2.05, 4.69) is 34.0 Å². The first-order valence-electron chi connectivity index (χ1n) is 7.85. The number of nitrogens with zero attached hydrogens (tertiary/aromatic N) is 3. The van der Waals surface area contributed by atoms with E-state index in [0.29, 0.717) is 17.8 Å². The second-order valence-electron chi connectivity index (χ2n) is 6.30. The predicted octanol–water partition coefficient (Wildman–Crippen LogP) is 1.46. The third-order valence-electron chi connectivity index (χ3n) is 4.45. The van der Waals surface area contributed by atoms with Crippen molar-refractivity contribution in [1.82, 2.24) is 14.9 Å². The maximum Gasteiger partial charge on any atom is 0.135 e. The Morgan fingerprint density at radius 1 is 1.48 bits per heavy atom. The minimum Gasteiger partial charge on any atom is -0.383 e. The first kappa shape index (κ1) is 14.5. The van der Waals surface area contributed by atoms with Crippen LogP contribution in [0.1, 0.15) is 38.2 Å². The second-order valence-corrected chi connectivity index (χ2v) is 6.30. The monoisotopic (exact) mass is 291 g/mol. The molecule has 21 heavy (non-hydrogen) atoms. The molecule has 2 aliphatic rings. The van der Waals surface area contributed by atoms with Gasteiger partial charge in [0.15, 0.2) is 0 Å². The first-order chi connectivity index (χ1) is 10.1. The van der Waals surface area contributed by atoms with Crippen LogP contribution in [0.15, 0.2) is 6.33 Å². The highest BCUT2D eigenvalue weighted by molar-refractivity contribution is 5.56. The number of ether oxygens (including phenoxy) is 1. The fourth-order valence-corrected chi connectivity index (χ4v) is 3.34. The molecule has 2 unspecified atom stereocenters. The summed E-state index contributed by atoms with van der Waals surface area (Å²) < 4.78 is 5.97. The van der Waals surface area contributed by atoms with Crippen LogP contribution in [-0.2, 0) is 4.74 Å². The molecule has 0 aromatic carbocycles. The summed E-state index contributed by atoms with van der Waals surface area (Å²) >= 11 is 0. The molecular weight excluding hydrogens is 266 g/mol.